The van der Waals surface area contributed by atoms with Gasteiger partial charge in [-0.25, -0.2) is 4.39 Å². The van der Waals surface area contributed by atoms with E-state index >= 15 is 4.39 Å². The van der Waals surface area contributed by atoms with Crippen molar-refractivity contribution >= 4 is 39.1 Å². The SMILES string of the molecule is COc1nc(N2C(C)CCC2C)c2cc(Cl)c(-c3cc(O)cc4ccccc34)c(F)c2n1. The number of phenols is 1. The number of ether oxygens (including phenoxy) is 1. The van der Waals surface area contributed by atoms with E-state index in [9.17, 15) is 5.11 Å². The molecule has 0 bridgehead atoms. The highest BCUT2D eigenvalue weighted by Crippen LogP contribution is 2.43. The van der Waals surface area contributed by atoms with Gasteiger partial charge in [0.2, 0.25) is 0 Å². The van der Waals surface area contributed by atoms with Crippen LogP contribution in [0.2, 0.25) is 5.02 Å². The van der Waals surface area contributed by atoms with Crippen LogP contribution in [0.4, 0.5) is 10.2 Å². The number of fused-ring (bicyclic) bond motifs is 2. The minimum Gasteiger partial charge on any atom is -0.508 e. The Bertz CT molecular complexity index is 1350. The minimum absolute atomic E-state index is 0.0370. The molecule has 0 amide bonds. The van der Waals surface area contributed by atoms with Crippen LogP contribution in [0.3, 0.4) is 0 Å². The predicted octanol–water partition coefficient (Wildman–Crippen LogP) is 6.33. The zero-order chi connectivity index (χ0) is 22.6. The van der Waals surface area contributed by atoms with Gasteiger partial charge in [0.1, 0.15) is 17.1 Å². The highest BCUT2D eigenvalue weighted by atomic mass is 35.5. The molecular weight excluding hydrogens is 429 g/mol. The number of anilines is 1. The molecule has 164 valence electrons. The maximum atomic E-state index is 16.1. The van der Waals surface area contributed by atoms with Crippen molar-refractivity contribution in [3.05, 3.63) is 53.3 Å². The van der Waals surface area contributed by atoms with Gasteiger partial charge in [0.05, 0.1) is 12.1 Å². The second kappa shape index (κ2) is 7.78. The first-order valence-corrected chi connectivity index (χ1v) is 11.0. The van der Waals surface area contributed by atoms with Gasteiger partial charge in [-0.15, -0.1) is 0 Å². The molecule has 0 saturated carbocycles. The number of nitrogens with zero attached hydrogens (tertiary/aromatic N) is 3. The van der Waals surface area contributed by atoms with Gasteiger partial charge in [0.25, 0.3) is 0 Å². The van der Waals surface area contributed by atoms with Gasteiger partial charge in [-0.1, -0.05) is 35.9 Å². The fraction of sp³-hybridized carbons (Fsp3) is 0.280. The number of methoxy groups -OCH3 is 1. The number of aromatic nitrogens is 2. The molecule has 5 rings (SSSR count). The smallest absolute Gasteiger partial charge is 0.318 e. The molecule has 1 aliphatic heterocycles. The topological polar surface area (TPSA) is 58.5 Å². The number of rotatable bonds is 3. The third-order valence-electron chi connectivity index (χ3n) is 6.34. The molecule has 2 heterocycles. The number of hydrogen-bond donors (Lipinski definition) is 1. The molecule has 1 fully saturated rings. The monoisotopic (exact) mass is 451 g/mol. The van der Waals surface area contributed by atoms with Gasteiger partial charge in [-0.2, -0.15) is 9.97 Å². The predicted molar refractivity (Wildman–Crippen MR) is 126 cm³/mol. The van der Waals surface area contributed by atoms with Gasteiger partial charge in [-0.3, -0.25) is 0 Å². The lowest BCUT2D eigenvalue weighted by Gasteiger charge is -2.29. The van der Waals surface area contributed by atoms with Gasteiger partial charge in [0.15, 0.2) is 5.82 Å². The van der Waals surface area contributed by atoms with E-state index in [1.54, 1.807) is 12.1 Å². The van der Waals surface area contributed by atoms with Crippen molar-refractivity contribution < 1.29 is 14.2 Å². The third-order valence-corrected chi connectivity index (χ3v) is 6.64. The Labute approximate surface area is 190 Å². The maximum absolute atomic E-state index is 16.1. The van der Waals surface area contributed by atoms with E-state index in [0.717, 1.165) is 23.6 Å². The second-order valence-corrected chi connectivity index (χ2v) is 8.78. The summed E-state index contributed by atoms with van der Waals surface area (Å²) in [4.78, 5) is 11.1. The van der Waals surface area contributed by atoms with Crippen LogP contribution >= 0.6 is 11.6 Å². The standard InChI is InChI=1S/C25H23ClFN3O2/c1-13-8-9-14(2)30(13)24-19-12-20(26)21(22(27)23(19)28-25(29-24)32-3)18-11-16(31)10-15-6-4-5-7-17(15)18/h4-7,10-14,31H,8-9H2,1-3H3. The van der Waals surface area contributed by atoms with Crippen molar-refractivity contribution in [3.8, 4) is 22.9 Å². The summed E-state index contributed by atoms with van der Waals surface area (Å²) in [5, 5.41) is 12.6. The van der Waals surface area contributed by atoms with E-state index in [1.165, 1.54) is 13.2 Å². The number of halogens is 2. The molecule has 1 N–H and O–H groups in total. The quantitative estimate of drug-likeness (QED) is 0.394. The zero-order valence-electron chi connectivity index (χ0n) is 18.1. The molecule has 0 spiro atoms. The van der Waals surface area contributed by atoms with E-state index in [-0.39, 0.29) is 39.9 Å². The lowest BCUT2D eigenvalue weighted by atomic mass is 9.96. The summed E-state index contributed by atoms with van der Waals surface area (Å²) in [6.07, 6.45) is 2.05. The number of aromatic hydroxyl groups is 1. The number of hydrogen-bond acceptors (Lipinski definition) is 5. The van der Waals surface area contributed by atoms with E-state index in [0.29, 0.717) is 16.8 Å². The molecule has 1 aliphatic rings. The first-order chi connectivity index (χ1) is 15.4. The van der Waals surface area contributed by atoms with Crippen LogP contribution in [0.15, 0.2) is 42.5 Å². The van der Waals surface area contributed by atoms with Gasteiger partial charge >= 0.3 is 6.01 Å². The Kier molecular flexibility index (Phi) is 5.05. The van der Waals surface area contributed by atoms with Crippen molar-refractivity contribution in [2.24, 2.45) is 0 Å². The fourth-order valence-corrected chi connectivity index (χ4v) is 5.10. The average molecular weight is 452 g/mol. The van der Waals surface area contributed by atoms with E-state index in [2.05, 4.69) is 28.7 Å². The number of phenolic OH excluding ortho intramolecular Hbond substituents is 1. The maximum Gasteiger partial charge on any atom is 0.318 e. The molecule has 0 radical (unpaired) electrons. The van der Waals surface area contributed by atoms with Crippen LogP contribution in [0, 0.1) is 5.82 Å². The lowest BCUT2D eigenvalue weighted by molar-refractivity contribution is 0.381. The van der Waals surface area contributed by atoms with Crippen molar-refractivity contribution in [2.45, 2.75) is 38.8 Å². The molecule has 1 aromatic heterocycles. The summed E-state index contributed by atoms with van der Waals surface area (Å²) in [5.41, 5.74) is 0.845. The highest BCUT2D eigenvalue weighted by molar-refractivity contribution is 6.35. The molecule has 7 heteroatoms. The molecule has 5 nitrogen and oxygen atoms in total. The Balaban J connectivity index is 1.83. The molecule has 2 atom stereocenters. The molecule has 1 saturated heterocycles. The average Bonchev–Trinajstić information content (AvgIpc) is 3.11. The van der Waals surface area contributed by atoms with Crippen LogP contribution in [0.5, 0.6) is 11.8 Å². The summed E-state index contributed by atoms with van der Waals surface area (Å²) in [6, 6.07) is 13.0. The van der Waals surface area contributed by atoms with Crippen molar-refractivity contribution in [1.29, 1.82) is 0 Å². The van der Waals surface area contributed by atoms with Crippen molar-refractivity contribution in [3.63, 3.8) is 0 Å². The normalized spacial score (nSPS) is 18.6. The first-order valence-electron chi connectivity index (χ1n) is 10.6. The lowest BCUT2D eigenvalue weighted by Crippen LogP contribution is -2.33. The van der Waals surface area contributed by atoms with Crippen molar-refractivity contribution in [2.75, 3.05) is 12.0 Å². The Hall–Kier alpha value is -3.12. The van der Waals surface area contributed by atoms with E-state index in [1.807, 2.05) is 24.3 Å². The third kappa shape index (κ3) is 3.21. The number of benzene rings is 3. The minimum atomic E-state index is -0.565. The van der Waals surface area contributed by atoms with Gasteiger partial charge in [-0.05, 0) is 61.2 Å². The fourth-order valence-electron chi connectivity index (χ4n) is 4.81. The Morgan fingerprint density at radius 3 is 2.50 bits per heavy atom. The largest absolute Gasteiger partial charge is 0.508 e. The van der Waals surface area contributed by atoms with Crippen LogP contribution in [-0.2, 0) is 0 Å². The molecule has 0 aliphatic carbocycles. The Morgan fingerprint density at radius 2 is 1.78 bits per heavy atom. The molecule has 4 aromatic rings. The summed E-state index contributed by atoms with van der Waals surface area (Å²) in [6.45, 7) is 4.27. The van der Waals surface area contributed by atoms with Crippen LogP contribution in [0.1, 0.15) is 26.7 Å². The van der Waals surface area contributed by atoms with Crippen LogP contribution in [0.25, 0.3) is 32.8 Å². The van der Waals surface area contributed by atoms with Gasteiger partial charge in [0, 0.05) is 23.0 Å². The van der Waals surface area contributed by atoms with Crippen LogP contribution in [-0.4, -0.2) is 34.3 Å². The molecular formula is C25H23ClFN3O2. The van der Waals surface area contributed by atoms with Crippen LogP contribution < -0.4 is 9.64 Å². The first kappa shape index (κ1) is 20.8. The zero-order valence-corrected chi connectivity index (χ0v) is 18.8. The Morgan fingerprint density at radius 1 is 1.06 bits per heavy atom. The van der Waals surface area contributed by atoms with E-state index in [4.69, 9.17) is 16.3 Å². The molecule has 2 unspecified atom stereocenters. The van der Waals surface area contributed by atoms with Crippen molar-refractivity contribution in [1.82, 2.24) is 9.97 Å². The molecule has 3 aromatic carbocycles. The summed E-state index contributed by atoms with van der Waals surface area (Å²) in [5.74, 6) is 0.0945. The highest BCUT2D eigenvalue weighted by Gasteiger charge is 2.32. The van der Waals surface area contributed by atoms with E-state index < -0.39 is 5.82 Å². The summed E-state index contributed by atoms with van der Waals surface area (Å²) in [7, 11) is 1.47. The van der Waals surface area contributed by atoms with Gasteiger partial charge < -0.3 is 14.7 Å². The molecule has 32 heavy (non-hydrogen) atoms. The summed E-state index contributed by atoms with van der Waals surface area (Å²) >= 11 is 6.69. The second-order valence-electron chi connectivity index (χ2n) is 8.37. The summed E-state index contributed by atoms with van der Waals surface area (Å²) < 4.78 is 21.4.